The molecule has 0 aromatic carbocycles. The summed E-state index contributed by atoms with van der Waals surface area (Å²) in [5, 5.41) is 0. The van der Waals surface area contributed by atoms with E-state index in [0.717, 1.165) is 19.3 Å². The van der Waals surface area contributed by atoms with Crippen LogP contribution >= 0.6 is 0 Å². The van der Waals surface area contributed by atoms with Gasteiger partial charge in [-0.15, -0.1) is 0 Å². The molecule has 2 heteroatoms. The lowest BCUT2D eigenvalue weighted by molar-refractivity contribution is 0.557. The Morgan fingerprint density at radius 2 is 1.50 bits per heavy atom. The van der Waals surface area contributed by atoms with E-state index in [1.807, 2.05) is 11.9 Å². The van der Waals surface area contributed by atoms with Gasteiger partial charge in [0.25, 0.3) is 0 Å². The summed E-state index contributed by atoms with van der Waals surface area (Å²) in [5.74, 6) is 3.67. The fourth-order valence-corrected chi connectivity index (χ4v) is 1.12. The average molecular weight is 136 g/mol. The SMILES string of the molecule is O=C=C1CCCC(=C=O)C1. The molecule has 0 aromatic heterocycles. The second-order valence-corrected chi connectivity index (χ2v) is 2.44. The first-order valence-electron chi connectivity index (χ1n) is 3.32. The largest absolute Gasteiger partial charge is 0.234 e. The Hall–Kier alpha value is -1.10. The van der Waals surface area contributed by atoms with E-state index < -0.39 is 0 Å². The average Bonchev–Trinajstić information content (AvgIpc) is 2.05. The summed E-state index contributed by atoms with van der Waals surface area (Å²) in [4.78, 5) is 20.2. The Morgan fingerprint density at radius 1 is 1.00 bits per heavy atom. The smallest absolute Gasteiger partial charge is 0.123 e. The van der Waals surface area contributed by atoms with E-state index in [1.165, 1.54) is 0 Å². The Bertz CT molecular complexity index is 204. The first kappa shape index (κ1) is 7.01. The summed E-state index contributed by atoms with van der Waals surface area (Å²) in [7, 11) is 0. The van der Waals surface area contributed by atoms with Gasteiger partial charge in [-0.25, -0.2) is 9.59 Å². The van der Waals surface area contributed by atoms with Crippen LogP contribution in [0.3, 0.4) is 0 Å². The van der Waals surface area contributed by atoms with Crippen LogP contribution in [0.25, 0.3) is 0 Å². The van der Waals surface area contributed by atoms with Crippen LogP contribution in [0.5, 0.6) is 0 Å². The maximum absolute atomic E-state index is 10.1. The maximum Gasteiger partial charge on any atom is 0.123 e. The molecule has 52 valence electrons. The van der Waals surface area contributed by atoms with Crippen LogP contribution in [0.1, 0.15) is 25.7 Å². The molecule has 2 nitrogen and oxygen atoms in total. The van der Waals surface area contributed by atoms with Crippen LogP contribution in [0.4, 0.5) is 0 Å². The van der Waals surface area contributed by atoms with Gasteiger partial charge in [0.1, 0.15) is 11.9 Å². The van der Waals surface area contributed by atoms with Crippen LogP contribution in [-0.2, 0) is 9.59 Å². The Labute approximate surface area is 59.2 Å². The molecule has 1 aliphatic carbocycles. The van der Waals surface area contributed by atoms with Crippen LogP contribution < -0.4 is 0 Å². The van der Waals surface area contributed by atoms with Gasteiger partial charge in [0.2, 0.25) is 0 Å². The number of hydrogen-bond donors (Lipinski definition) is 0. The molecule has 0 radical (unpaired) electrons. The lowest BCUT2D eigenvalue weighted by atomic mass is 9.92. The molecule has 0 atom stereocenters. The molecular weight excluding hydrogens is 128 g/mol. The predicted molar refractivity (Wildman–Crippen MR) is 36.9 cm³/mol. The van der Waals surface area contributed by atoms with Crippen molar-refractivity contribution in [2.45, 2.75) is 25.7 Å². The molecule has 0 heterocycles. The fraction of sp³-hybridized carbons (Fsp3) is 0.500. The zero-order chi connectivity index (χ0) is 7.40. The van der Waals surface area contributed by atoms with Gasteiger partial charge in [0.15, 0.2) is 0 Å². The van der Waals surface area contributed by atoms with E-state index in [1.54, 1.807) is 0 Å². The third-order valence-corrected chi connectivity index (χ3v) is 1.67. The zero-order valence-electron chi connectivity index (χ0n) is 5.64. The van der Waals surface area contributed by atoms with E-state index in [2.05, 4.69) is 0 Å². The number of allylic oxidation sites excluding steroid dienone is 2. The summed E-state index contributed by atoms with van der Waals surface area (Å²) in [6.45, 7) is 0. The van der Waals surface area contributed by atoms with Gasteiger partial charge in [0.05, 0.1) is 0 Å². The summed E-state index contributed by atoms with van der Waals surface area (Å²) in [6.07, 6.45) is 3.01. The van der Waals surface area contributed by atoms with Crippen molar-refractivity contribution in [3.63, 3.8) is 0 Å². The molecule has 1 aliphatic rings. The first-order chi connectivity index (χ1) is 4.86. The summed E-state index contributed by atoms with van der Waals surface area (Å²) in [5.41, 5.74) is 1.43. The molecule has 0 saturated heterocycles. The Morgan fingerprint density at radius 3 is 1.90 bits per heavy atom. The van der Waals surface area contributed by atoms with Crippen molar-refractivity contribution in [2.24, 2.45) is 0 Å². The van der Waals surface area contributed by atoms with E-state index in [9.17, 15) is 9.59 Å². The number of hydrogen-bond acceptors (Lipinski definition) is 2. The van der Waals surface area contributed by atoms with Crippen molar-refractivity contribution in [2.75, 3.05) is 0 Å². The third kappa shape index (κ3) is 1.44. The Kier molecular flexibility index (Phi) is 2.22. The molecule has 0 amide bonds. The van der Waals surface area contributed by atoms with Crippen LogP contribution in [-0.4, -0.2) is 11.9 Å². The lowest BCUT2D eigenvalue weighted by Crippen LogP contribution is -1.98. The maximum atomic E-state index is 10.1. The van der Waals surface area contributed by atoms with Crippen LogP contribution in [0.2, 0.25) is 0 Å². The minimum absolute atomic E-state index is 0.507. The quantitative estimate of drug-likeness (QED) is 0.467. The molecule has 0 N–H and O–H groups in total. The second kappa shape index (κ2) is 3.17. The second-order valence-electron chi connectivity index (χ2n) is 2.44. The first-order valence-corrected chi connectivity index (χ1v) is 3.32. The van der Waals surface area contributed by atoms with Gasteiger partial charge >= 0.3 is 0 Å². The highest BCUT2D eigenvalue weighted by Gasteiger charge is 2.11. The highest BCUT2D eigenvalue weighted by Crippen LogP contribution is 2.23. The molecule has 1 fully saturated rings. The van der Waals surface area contributed by atoms with Crippen molar-refractivity contribution in [1.82, 2.24) is 0 Å². The van der Waals surface area contributed by atoms with Crippen molar-refractivity contribution >= 4 is 11.9 Å². The minimum atomic E-state index is 0.507. The zero-order valence-corrected chi connectivity index (χ0v) is 5.64. The number of rotatable bonds is 0. The lowest BCUT2D eigenvalue weighted by Gasteiger charge is -2.09. The van der Waals surface area contributed by atoms with Crippen LogP contribution in [0, 0.1) is 0 Å². The predicted octanol–water partition coefficient (Wildman–Crippen LogP) is 1.08. The van der Waals surface area contributed by atoms with Crippen LogP contribution in [0.15, 0.2) is 11.1 Å². The van der Waals surface area contributed by atoms with E-state index in [-0.39, 0.29) is 0 Å². The van der Waals surface area contributed by atoms with E-state index >= 15 is 0 Å². The normalized spacial score (nSPS) is 18.0. The fourth-order valence-electron chi connectivity index (χ4n) is 1.12. The Balaban J connectivity index is 2.74. The molecule has 10 heavy (non-hydrogen) atoms. The minimum Gasteiger partial charge on any atom is -0.234 e. The van der Waals surface area contributed by atoms with Crippen molar-refractivity contribution < 1.29 is 9.59 Å². The van der Waals surface area contributed by atoms with E-state index in [0.29, 0.717) is 17.6 Å². The van der Waals surface area contributed by atoms with Gasteiger partial charge in [-0.05, 0) is 19.3 Å². The van der Waals surface area contributed by atoms with Gasteiger partial charge < -0.3 is 0 Å². The molecule has 1 rings (SSSR count). The van der Waals surface area contributed by atoms with E-state index in [4.69, 9.17) is 0 Å². The molecule has 0 bridgehead atoms. The molecular formula is C8H8O2. The molecule has 0 spiro atoms. The van der Waals surface area contributed by atoms with Gasteiger partial charge in [-0.3, -0.25) is 0 Å². The van der Waals surface area contributed by atoms with Gasteiger partial charge in [0, 0.05) is 17.6 Å². The third-order valence-electron chi connectivity index (χ3n) is 1.67. The van der Waals surface area contributed by atoms with Gasteiger partial charge in [-0.1, -0.05) is 0 Å². The standard InChI is InChI=1S/C8H8O2/c9-5-7-2-1-3-8(4-7)6-10/h1-4H2. The topological polar surface area (TPSA) is 34.1 Å². The summed E-state index contributed by atoms with van der Waals surface area (Å²) < 4.78 is 0. The summed E-state index contributed by atoms with van der Waals surface area (Å²) >= 11 is 0. The molecule has 1 saturated carbocycles. The highest BCUT2D eigenvalue weighted by atomic mass is 16.1. The molecule has 0 aromatic rings. The summed E-state index contributed by atoms with van der Waals surface area (Å²) in [6, 6.07) is 0. The molecule has 0 aliphatic heterocycles. The van der Waals surface area contributed by atoms with Crippen molar-refractivity contribution in [3.05, 3.63) is 11.1 Å². The van der Waals surface area contributed by atoms with Crippen molar-refractivity contribution in [3.8, 4) is 0 Å². The van der Waals surface area contributed by atoms with Gasteiger partial charge in [-0.2, -0.15) is 0 Å². The molecule has 0 unspecified atom stereocenters. The number of carbonyl (C=O) groups excluding carboxylic acids is 2. The highest BCUT2D eigenvalue weighted by molar-refractivity contribution is 5.60. The monoisotopic (exact) mass is 136 g/mol. The van der Waals surface area contributed by atoms with Crippen molar-refractivity contribution in [1.29, 1.82) is 0 Å².